The van der Waals surface area contributed by atoms with Gasteiger partial charge in [0.2, 0.25) is 21.8 Å². The minimum atomic E-state index is -3.81. The van der Waals surface area contributed by atoms with Crippen molar-refractivity contribution in [1.29, 1.82) is 0 Å². The molecule has 202 valence electrons. The molecule has 0 saturated heterocycles. The Balaban J connectivity index is 2.05. The van der Waals surface area contributed by atoms with Crippen LogP contribution in [0.25, 0.3) is 0 Å². The van der Waals surface area contributed by atoms with Gasteiger partial charge >= 0.3 is 0 Å². The minimum Gasteiger partial charge on any atom is -0.352 e. The largest absolute Gasteiger partial charge is 0.352 e. The number of nitrogens with zero attached hydrogens (tertiary/aromatic N) is 2. The number of halogens is 2. The van der Waals surface area contributed by atoms with E-state index in [1.807, 2.05) is 50.2 Å². The van der Waals surface area contributed by atoms with Crippen molar-refractivity contribution in [2.75, 3.05) is 17.1 Å². The molecule has 0 spiro atoms. The standard InChI is InChI=1S/C28H31BrClN3O4S/c1-20(2)31-28(35)26(17-21-8-5-4-6-9-21)32(18-22-10-7-11-24(30)16-22)27(34)19-33(38(3,36)37)25-14-12-23(29)13-15-25/h4-16,20,26H,17-19H2,1-3H3,(H,31,35)/t26-/m0/s1. The van der Waals surface area contributed by atoms with E-state index in [0.717, 1.165) is 26.2 Å². The average Bonchev–Trinajstić information content (AvgIpc) is 2.85. The third-order valence-corrected chi connectivity index (χ3v) is 7.64. The minimum absolute atomic E-state index is 0.0698. The Morgan fingerprint density at radius 1 is 0.947 bits per heavy atom. The molecule has 0 unspecified atom stereocenters. The molecule has 7 nitrogen and oxygen atoms in total. The highest BCUT2D eigenvalue weighted by molar-refractivity contribution is 9.10. The van der Waals surface area contributed by atoms with Gasteiger partial charge < -0.3 is 10.2 Å². The molecule has 3 aromatic carbocycles. The molecule has 1 N–H and O–H groups in total. The maximum absolute atomic E-state index is 13.9. The summed E-state index contributed by atoms with van der Waals surface area (Å²) < 4.78 is 27.4. The summed E-state index contributed by atoms with van der Waals surface area (Å²) >= 11 is 9.56. The highest BCUT2D eigenvalue weighted by Gasteiger charge is 2.33. The monoisotopic (exact) mass is 619 g/mol. The summed E-state index contributed by atoms with van der Waals surface area (Å²) in [6.07, 6.45) is 1.30. The van der Waals surface area contributed by atoms with Gasteiger partial charge in [0.05, 0.1) is 11.9 Å². The molecule has 2 amide bonds. The van der Waals surface area contributed by atoms with Crippen LogP contribution in [0.5, 0.6) is 0 Å². The molecule has 10 heteroatoms. The lowest BCUT2D eigenvalue weighted by Gasteiger charge is -2.34. The van der Waals surface area contributed by atoms with E-state index in [1.54, 1.807) is 42.5 Å². The lowest BCUT2D eigenvalue weighted by atomic mass is 10.0. The van der Waals surface area contributed by atoms with Gasteiger partial charge in [0.15, 0.2) is 0 Å². The van der Waals surface area contributed by atoms with Gasteiger partial charge in [0.1, 0.15) is 12.6 Å². The van der Waals surface area contributed by atoms with Crippen LogP contribution in [0.3, 0.4) is 0 Å². The van der Waals surface area contributed by atoms with Crippen LogP contribution in [0.15, 0.2) is 83.3 Å². The number of rotatable bonds is 11. The molecule has 3 rings (SSSR count). The number of benzene rings is 3. The molecule has 3 aromatic rings. The van der Waals surface area contributed by atoms with E-state index in [9.17, 15) is 18.0 Å². The summed E-state index contributed by atoms with van der Waals surface area (Å²) in [5.41, 5.74) is 1.93. The fourth-order valence-electron chi connectivity index (χ4n) is 3.99. The van der Waals surface area contributed by atoms with Crippen LogP contribution < -0.4 is 9.62 Å². The summed E-state index contributed by atoms with van der Waals surface area (Å²) in [4.78, 5) is 28.9. The van der Waals surface area contributed by atoms with Crippen molar-refractivity contribution in [2.24, 2.45) is 0 Å². The highest BCUT2D eigenvalue weighted by Crippen LogP contribution is 2.23. The Bertz CT molecular complexity index is 1350. The number of hydrogen-bond acceptors (Lipinski definition) is 4. The summed E-state index contributed by atoms with van der Waals surface area (Å²) in [6.45, 7) is 3.29. The fraction of sp³-hybridized carbons (Fsp3) is 0.286. The smallest absolute Gasteiger partial charge is 0.244 e. The number of hydrogen-bond donors (Lipinski definition) is 1. The third kappa shape index (κ3) is 8.58. The molecule has 0 aromatic heterocycles. The normalized spacial score (nSPS) is 12.2. The molecule has 0 aliphatic rings. The maximum Gasteiger partial charge on any atom is 0.244 e. The maximum atomic E-state index is 13.9. The Morgan fingerprint density at radius 3 is 2.16 bits per heavy atom. The zero-order valence-electron chi connectivity index (χ0n) is 21.5. The first-order valence-corrected chi connectivity index (χ1v) is 15.1. The van der Waals surface area contributed by atoms with E-state index in [0.29, 0.717) is 10.7 Å². The number of carbonyl (C=O) groups is 2. The van der Waals surface area contributed by atoms with Gasteiger partial charge in [0, 0.05) is 28.5 Å². The number of amides is 2. The molecule has 0 heterocycles. The van der Waals surface area contributed by atoms with Gasteiger partial charge in [-0.25, -0.2) is 8.42 Å². The number of sulfonamides is 1. The van der Waals surface area contributed by atoms with Gasteiger partial charge in [-0.2, -0.15) is 0 Å². The number of nitrogens with one attached hydrogen (secondary N) is 1. The lowest BCUT2D eigenvalue weighted by Crippen LogP contribution is -2.54. The summed E-state index contributed by atoms with van der Waals surface area (Å²) in [5.74, 6) is -0.841. The summed E-state index contributed by atoms with van der Waals surface area (Å²) in [6, 6.07) is 22.0. The first-order chi connectivity index (χ1) is 17.9. The predicted molar refractivity (Wildman–Crippen MR) is 156 cm³/mol. The van der Waals surface area contributed by atoms with Crippen LogP contribution in [-0.4, -0.2) is 50.0 Å². The van der Waals surface area contributed by atoms with Crippen molar-refractivity contribution in [2.45, 2.75) is 38.9 Å². The highest BCUT2D eigenvalue weighted by atomic mass is 79.9. The zero-order valence-corrected chi connectivity index (χ0v) is 24.6. The van der Waals surface area contributed by atoms with Crippen molar-refractivity contribution in [3.63, 3.8) is 0 Å². The second-order valence-electron chi connectivity index (χ2n) is 9.27. The molecular formula is C28H31BrClN3O4S. The molecular weight excluding hydrogens is 590 g/mol. The van der Waals surface area contributed by atoms with Crippen LogP contribution in [0.4, 0.5) is 5.69 Å². The molecule has 0 bridgehead atoms. The van der Waals surface area contributed by atoms with Crippen LogP contribution in [0.1, 0.15) is 25.0 Å². The Hall–Kier alpha value is -2.88. The van der Waals surface area contributed by atoms with Crippen molar-refractivity contribution in [3.05, 3.63) is 99.5 Å². The first kappa shape index (κ1) is 29.7. The lowest BCUT2D eigenvalue weighted by molar-refractivity contribution is -0.140. The van der Waals surface area contributed by atoms with E-state index < -0.39 is 28.5 Å². The van der Waals surface area contributed by atoms with Gasteiger partial charge in [-0.15, -0.1) is 0 Å². The molecule has 0 aliphatic carbocycles. The molecule has 0 saturated carbocycles. The Morgan fingerprint density at radius 2 is 1.58 bits per heavy atom. The molecule has 1 atom stereocenters. The predicted octanol–water partition coefficient (Wildman–Crippen LogP) is 5.03. The molecule has 0 aliphatic heterocycles. The van der Waals surface area contributed by atoms with Crippen LogP contribution >= 0.6 is 27.5 Å². The number of anilines is 1. The Labute approximate surface area is 238 Å². The molecule has 0 radical (unpaired) electrons. The third-order valence-electron chi connectivity index (χ3n) is 5.74. The quantitative estimate of drug-likeness (QED) is 0.326. The van der Waals surface area contributed by atoms with Crippen molar-refractivity contribution in [1.82, 2.24) is 10.2 Å². The van der Waals surface area contributed by atoms with E-state index in [-0.39, 0.29) is 24.9 Å². The second-order valence-corrected chi connectivity index (χ2v) is 12.5. The van der Waals surface area contributed by atoms with Crippen LogP contribution in [0, 0.1) is 0 Å². The van der Waals surface area contributed by atoms with Gasteiger partial charge in [0.25, 0.3) is 0 Å². The van der Waals surface area contributed by atoms with E-state index >= 15 is 0 Å². The van der Waals surface area contributed by atoms with Crippen molar-refractivity contribution in [3.8, 4) is 0 Å². The van der Waals surface area contributed by atoms with Gasteiger partial charge in [-0.05, 0) is 61.4 Å². The van der Waals surface area contributed by atoms with Crippen molar-refractivity contribution < 1.29 is 18.0 Å². The number of carbonyl (C=O) groups excluding carboxylic acids is 2. The fourth-order valence-corrected chi connectivity index (χ4v) is 5.31. The SMILES string of the molecule is CC(C)NC(=O)[C@H](Cc1ccccc1)N(Cc1cccc(Cl)c1)C(=O)CN(c1ccc(Br)cc1)S(C)(=O)=O. The van der Waals surface area contributed by atoms with E-state index in [2.05, 4.69) is 21.2 Å². The van der Waals surface area contributed by atoms with E-state index in [1.165, 1.54) is 4.90 Å². The summed E-state index contributed by atoms with van der Waals surface area (Å²) in [7, 11) is -3.81. The van der Waals surface area contributed by atoms with Gasteiger partial charge in [-0.1, -0.05) is 70.0 Å². The van der Waals surface area contributed by atoms with Gasteiger partial charge in [-0.3, -0.25) is 13.9 Å². The molecule has 38 heavy (non-hydrogen) atoms. The molecule has 0 fully saturated rings. The first-order valence-electron chi connectivity index (χ1n) is 12.1. The Kier molecular flexibility index (Phi) is 10.4. The summed E-state index contributed by atoms with van der Waals surface area (Å²) in [5, 5.41) is 3.42. The second kappa shape index (κ2) is 13.3. The average molecular weight is 621 g/mol. The van der Waals surface area contributed by atoms with Crippen LogP contribution in [-0.2, 0) is 32.6 Å². The van der Waals surface area contributed by atoms with Crippen LogP contribution in [0.2, 0.25) is 5.02 Å². The topological polar surface area (TPSA) is 86.8 Å². The zero-order chi connectivity index (χ0) is 27.9. The van der Waals surface area contributed by atoms with Crippen molar-refractivity contribution >= 4 is 55.1 Å². The van der Waals surface area contributed by atoms with E-state index in [4.69, 9.17) is 11.6 Å².